The molecule has 1 aliphatic rings. The lowest BCUT2D eigenvalue weighted by Gasteiger charge is -2.30. The number of alkyl halides is 3. The maximum atomic E-state index is 10.6. The van der Waals surface area contributed by atoms with Crippen LogP contribution in [-0.2, 0) is 4.79 Å². The van der Waals surface area contributed by atoms with Gasteiger partial charge in [0.15, 0.2) is 0 Å². The highest BCUT2D eigenvalue weighted by Crippen LogP contribution is 2.22. The maximum absolute atomic E-state index is 10.6. The number of nitrogens with zero attached hydrogens (tertiary/aromatic N) is 1. The number of carbonyl (C=O) groups is 1. The molecule has 0 unspecified atom stereocenters. The van der Waals surface area contributed by atoms with Crippen molar-refractivity contribution in [3.8, 4) is 0 Å². The third-order valence-corrected chi connectivity index (χ3v) is 4.53. The second-order valence-electron chi connectivity index (χ2n) is 5.23. The molecule has 2 rings (SSSR count). The molecule has 130 valence electrons. The van der Waals surface area contributed by atoms with Gasteiger partial charge in [-0.2, -0.15) is 24.9 Å². The molecule has 7 heteroatoms. The molecular formula is C16H22F3NO2S. The van der Waals surface area contributed by atoms with Crippen molar-refractivity contribution in [3.05, 3.63) is 35.9 Å². The van der Waals surface area contributed by atoms with Gasteiger partial charge in [0.1, 0.15) is 0 Å². The van der Waals surface area contributed by atoms with E-state index in [1.54, 1.807) is 0 Å². The van der Waals surface area contributed by atoms with Gasteiger partial charge in [-0.3, -0.25) is 0 Å². The second kappa shape index (κ2) is 9.82. The highest BCUT2D eigenvalue weighted by atomic mass is 32.2. The van der Waals surface area contributed by atoms with Crippen molar-refractivity contribution in [1.29, 1.82) is 0 Å². The lowest BCUT2D eigenvalue weighted by atomic mass is 9.96. The number of hydrogen-bond acceptors (Lipinski definition) is 3. The lowest BCUT2D eigenvalue weighted by Crippen LogP contribution is -2.35. The minimum atomic E-state index is -5.08. The van der Waals surface area contributed by atoms with Gasteiger partial charge in [-0.1, -0.05) is 37.3 Å². The Kier molecular flexibility index (Phi) is 8.47. The van der Waals surface area contributed by atoms with Crippen LogP contribution < -0.4 is 0 Å². The van der Waals surface area contributed by atoms with E-state index in [-0.39, 0.29) is 0 Å². The van der Waals surface area contributed by atoms with Crippen molar-refractivity contribution in [2.24, 2.45) is 0 Å². The summed E-state index contributed by atoms with van der Waals surface area (Å²) in [6, 6.07) is 11.0. The summed E-state index contributed by atoms with van der Waals surface area (Å²) in [5.41, 5.74) is 1.50. The lowest BCUT2D eigenvalue weighted by molar-refractivity contribution is -0.192. The van der Waals surface area contributed by atoms with Crippen LogP contribution in [0, 0.1) is 0 Å². The molecule has 0 spiro atoms. The molecule has 1 atom stereocenters. The standard InChI is InChI=1S/C14H21NS.C2HF3O2/c1-2-13(14-6-4-3-5-7-14)12-15-8-10-16-11-9-15;3-2(4,5)1(6)7/h3-7,13H,2,8-12H2,1H3;(H,6,7)/t13-;/m0./s1. The molecular weight excluding hydrogens is 327 g/mol. The first-order valence-corrected chi connectivity index (χ1v) is 8.65. The van der Waals surface area contributed by atoms with E-state index in [4.69, 9.17) is 9.90 Å². The Morgan fingerprint density at radius 1 is 1.26 bits per heavy atom. The molecule has 1 N–H and O–H groups in total. The van der Waals surface area contributed by atoms with Crippen molar-refractivity contribution < 1.29 is 23.1 Å². The highest BCUT2D eigenvalue weighted by Gasteiger charge is 2.38. The topological polar surface area (TPSA) is 40.5 Å². The third kappa shape index (κ3) is 7.74. The number of aliphatic carboxylic acids is 1. The first-order valence-electron chi connectivity index (χ1n) is 7.49. The van der Waals surface area contributed by atoms with E-state index in [9.17, 15) is 13.2 Å². The van der Waals surface area contributed by atoms with Crippen LogP contribution >= 0.6 is 11.8 Å². The largest absolute Gasteiger partial charge is 0.490 e. The molecule has 3 nitrogen and oxygen atoms in total. The average Bonchev–Trinajstić information content (AvgIpc) is 2.54. The van der Waals surface area contributed by atoms with E-state index >= 15 is 0 Å². The van der Waals surface area contributed by atoms with Crippen LogP contribution in [0.25, 0.3) is 0 Å². The first-order chi connectivity index (χ1) is 10.8. The average molecular weight is 349 g/mol. The molecule has 1 heterocycles. The summed E-state index contributed by atoms with van der Waals surface area (Å²) in [5.74, 6) is 0.577. The molecule has 0 aliphatic carbocycles. The monoisotopic (exact) mass is 349 g/mol. The Labute approximate surface area is 138 Å². The molecule has 1 aromatic rings. The van der Waals surface area contributed by atoms with E-state index < -0.39 is 12.1 Å². The fourth-order valence-electron chi connectivity index (χ4n) is 2.29. The van der Waals surface area contributed by atoms with Gasteiger partial charge in [0.2, 0.25) is 0 Å². The number of carboxylic acid groups (broad SMARTS) is 1. The molecule has 0 radical (unpaired) electrons. The predicted molar refractivity (Wildman–Crippen MR) is 86.9 cm³/mol. The second-order valence-corrected chi connectivity index (χ2v) is 6.46. The number of thioether (sulfide) groups is 1. The highest BCUT2D eigenvalue weighted by molar-refractivity contribution is 7.99. The van der Waals surface area contributed by atoms with Gasteiger partial charge in [0.05, 0.1) is 0 Å². The fourth-order valence-corrected chi connectivity index (χ4v) is 3.27. The van der Waals surface area contributed by atoms with E-state index in [1.165, 1.54) is 43.1 Å². The number of rotatable bonds is 4. The summed E-state index contributed by atoms with van der Waals surface area (Å²) in [6.45, 7) is 6.08. The number of benzene rings is 1. The van der Waals surface area contributed by atoms with Gasteiger partial charge in [-0.15, -0.1) is 0 Å². The van der Waals surface area contributed by atoms with Crippen molar-refractivity contribution in [2.45, 2.75) is 25.4 Å². The number of halogens is 3. The summed E-state index contributed by atoms with van der Waals surface area (Å²) >= 11 is 2.09. The van der Waals surface area contributed by atoms with E-state index in [0.29, 0.717) is 5.92 Å². The predicted octanol–water partition coefficient (Wildman–Crippen LogP) is 3.86. The van der Waals surface area contributed by atoms with Crippen molar-refractivity contribution in [3.63, 3.8) is 0 Å². The number of carboxylic acids is 1. The summed E-state index contributed by atoms with van der Waals surface area (Å²) in [5, 5.41) is 7.12. The molecule has 1 aromatic carbocycles. The Bertz CT molecular complexity index is 462. The molecule has 1 fully saturated rings. The fraction of sp³-hybridized carbons (Fsp3) is 0.562. The van der Waals surface area contributed by atoms with Crippen molar-refractivity contribution in [2.75, 3.05) is 31.1 Å². The van der Waals surface area contributed by atoms with E-state index in [1.807, 2.05) is 0 Å². The van der Waals surface area contributed by atoms with Crippen LogP contribution in [0.5, 0.6) is 0 Å². The summed E-state index contributed by atoms with van der Waals surface area (Å²) < 4.78 is 31.7. The van der Waals surface area contributed by atoms with Gasteiger partial charge in [0.25, 0.3) is 0 Å². The van der Waals surface area contributed by atoms with E-state index in [2.05, 4.69) is 53.9 Å². The molecule has 1 aliphatic heterocycles. The number of hydrogen-bond donors (Lipinski definition) is 1. The molecule has 0 bridgehead atoms. The van der Waals surface area contributed by atoms with Crippen molar-refractivity contribution in [1.82, 2.24) is 4.90 Å². The third-order valence-electron chi connectivity index (χ3n) is 3.59. The maximum Gasteiger partial charge on any atom is 0.490 e. The first kappa shape index (κ1) is 19.8. The molecule has 0 saturated carbocycles. The molecule has 0 aromatic heterocycles. The zero-order valence-corrected chi connectivity index (χ0v) is 13.9. The normalized spacial score (nSPS) is 17.0. The van der Waals surface area contributed by atoms with Gasteiger partial charge < -0.3 is 10.0 Å². The Morgan fingerprint density at radius 3 is 2.22 bits per heavy atom. The van der Waals surface area contributed by atoms with Crippen LogP contribution in [0.15, 0.2) is 30.3 Å². The van der Waals surface area contributed by atoms with Crippen molar-refractivity contribution >= 4 is 17.7 Å². The Morgan fingerprint density at radius 2 is 1.78 bits per heavy atom. The minimum Gasteiger partial charge on any atom is -0.475 e. The Balaban J connectivity index is 0.000000322. The zero-order chi connectivity index (χ0) is 17.3. The molecule has 0 amide bonds. The van der Waals surface area contributed by atoms with Crippen LogP contribution in [0.4, 0.5) is 13.2 Å². The van der Waals surface area contributed by atoms with Crippen LogP contribution in [0.2, 0.25) is 0 Å². The van der Waals surface area contributed by atoms with Gasteiger partial charge >= 0.3 is 12.1 Å². The van der Waals surface area contributed by atoms with Crippen LogP contribution in [0.1, 0.15) is 24.8 Å². The Hall–Kier alpha value is -1.21. The van der Waals surface area contributed by atoms with Gasteiger partial charge in [0, 0.05) is 31.1 Å². The van der Waals surface area contributed by atoms with E-state index in [0.717, 1.165) is 0 Å². The van der Waals surface area contributed by atoms with Crippen LogP contribution in [0.3, 0.4) is 0 Å². The van der Waals surface area contributed by atoms with Gasteiger partial charge in [-0.05, 0) is 17.9 Å². The zero-order valence-electron chi connectivity index (χ0n) is 13.1. The SMILES string of the molecule is CC[C@@H](CN1CCSCC1)c1ccccc1.O=C(O)C(F)(F)F. The smallest absolute Gasteiger partial charge is 0.475 e. The quantitative estimate of drug-likeness (QED) is 0.896. The van der Waals surface area contributed by atoms with Crippen LogP contribution in [-0.4, -0.2) is 53.3 Å². The molecule has 1 saturated heterocycles. The van der Waals surface area contributed by atoms with Gasteiger partial charge in [-0.25, -0.2) is 4.79 Å². The summed E-state index contributed by atoms with van der Waals surface area (Å²) in [4.78, 5) is 11.5. The minimum absolute atomic E-state index is 0.712. The molecule has 23 heavy (non-hydrogen) atoms. The summed E-state index contributed by atoms with van der Waals surface area (Å²) in [7, 11) is 0. The summed E-state index contributed by atoms with van der Waals surface area (Å²) in [6.07, 6.45) is -3.84.